The molecule has 4 heterocycles. The minimum Gasteiger partial charge on any atom is -0.472 e. The van der Waals surface area contributed by atoms with Crippen molar-refractivity contribution in [1.82, 2.24) is 4.72 Å². The number of nitrogens with zero attached hydrogens (tertiary/aromatic N) is 1. The van der Waals surface area contributed by atoms with Crippen LogP contribution in [-0.2, 0) is 33.3 Å². The number of hydrogen-bond acceptors (Lipinski definition) is 6. The summed E-state index contributed by atoms with van der Waals surface area (Å²) < 4.78 is 34.0. The van der Waals surface area contributed by atoms with Crippen LogP contribution in [0.5, 0.6) is 0 Å². The highest BCUT2D eigenvalue weighted by Gasteiger charge is 2.37. The van der Waals surface area contributed by atoms with E-state index in [1.807, 2.05) is 5.38 Å². The fraction of sp³-hybridized carbons (Fsp3) is 0.286. The summed E-state index contributed by atoms with van der Waals surface area (Å²) in [7, 11) is -3.88. The van der Waals surface area contributed by atoms with Gasteiger partial charge in [-0.1, -0.05) is 6.07 Å². The van der Waals surface area contributed by atoms with Crippen molar-refractivity contribution in [3.63, 3.8) is 0 Å². The monoisotopic (exact) mass is 444 g/mol. The van der Waals surface area contributed by atoms with Crippen LogP contribution in [0, 0.1) is 0 Å². The third-order valence-corrected chi connectivity index (χ3v) is 8.18. The Balaban J connectivity index is 1.46. The zero-order valence-electron chi connectivity index (χ0n) is 16.0. The first-order chi connectivity index (χ1) is 14.4. The first-order valence-corrected chi connectivity index (χ1v) is 12.0. The summed E-state index contributed by atoms with van der Waals surface area (Å²) in [5.74, 6) is 0.0936. The lowest BCUT2D eigenvalue weighted by Gasteiger charge is -2.27. The molecule has 1 unspecified atom stereocenters. The Hall–Kier alpha value is -2.46. The maximum atomic E-state index is 13.1. The third-order valence-electron chi connectivity index (χ3n) is 5.78. The minimum atomic E-state index is -3.88. The zero-order chi connectivity index (χ0) is 20.9. The number of aliphatic hydroxyl groups is 1. The first kappa shape index (κ1) is 19.5. The highest BCUT2D eigenvalue weighted by Crippen LogP contribution is 2.39. The van der Waals surface area contributed by atoms with Crippen LogP contribution in [-0.4, -0.2) is 32.5 Å². The number of rotatable bonds is 6. The number of sulfonamides is 1. The SMILES string of the molecule is O=C1CCc2cc(S(=O)(=O)NCC(O)(c3ccoc3)c3cccs3)cc3c2N1CC3. The molecule has 2 aromatic heterocycles. The Kier molecular flexibility index (Phi) is 4.59. The van der Waals surface area contributed by atoms with Crippen molar-refractivity contribution in [2.24, 2.45) is 0 Å². The Morgan fingerprint density at radius 2 is 2.00 bits per heavy atom. The van der Waals surface area contributed by atoms with Crippen LogP contribution in [0.25, 0.3) is 0 Å². The summed E-state index contributed by atoms with van der Waals surface area (Å²) in [6.07, 6.45) is 4.43. The molecule has 0 saturated carbocycles. The van der Waals surface area contributed by atoms with Crippen LogP contribution in [0.3, 0.4) is 0 Å². The molecule has 3 aromatic rings. The van der Waals surface area contributed by atoms with E-state index < -0.39 is 15.6 Å². The number of carbonyl (C=O) groups is 1. The van der Waals surface area contributed by atoms with Crippen LogP contribution < -0.4 is 9.62 Å². The largest absolute Gasteiger partial charge is 0.472 e. The molecule has 0 spiro atoms. The standard InChI is InChI=1S/C21H20N2O5S2/c24-19-4-3-14-10-17(11-15-5-7-23(19)20(14)15)30(26,27)22-13-21(25,16-6-8-28-12-16)18-2-1-9-29-18/h1-2,6,8-12,22,25H,3-5,7,13H2. The number of benzene rings is 1. The Bertz CT molecular complexity index is 1170. The van der Waals surface area contributed by atoms with Gasteiger partial charge in [0.05, 0.1) is 23.1 Å². The molecule has 2 aliphatic heterocycles. The summed E-state index contributed by atoms with van der Waals surface area (Å²) in [5.41, 5.74) is 1.57. The quantitative estimate of drug-likeness (QED) is 0.608. The molecule has 7 nitrogen and oxygen atoms in total. The molecule has 2 N–H and O–H groups in total. The molecule has 0 bridgehead atoms. The second-order valence-electron chi connectivity index (χ2n) is 7.56. The number of thiophene rings is 1. The van der Waals surface area contributed by atoms with Crippen LogP contribution in [0.15, 0.2) is 57.6 Å². The van der Waals surface area contributed by atoms with E-state index in [9.17, 15) is 18.3 Å². The lowest BCUT2D eigenvalue weighted by molar-refractivity contribution is -0.118. The van der Waals surface area contributed by atoms with Crippen molar-refractivity contribution in [3.05, 3.63) is 69.8 Å². The molecular weight excluding hydrogens is 424 g/mol. The average Bonchev–Trinajstić information content (AvgIpc) is 3.50. The molecule has 0 aliphatic carbocycles. The lowest BCUT2D eigenvalue weighted by atomic mass is 9.95. The van der Waals surface area contributed by atoms with E-state index >= 15 is 0 Å². The number of aryl methyl sites for hydroxylation is 1. The van der Waals surface area contributed by atoms with E-state index in [1.54, 1.807) is 35.2 Å². The van der Waals surface area contributed by atoms with Crippen molar-refractivity contribution in [1.29, 1.82) is 0 Å². The number of anilines is 1. The predicted octanol–water partition coefficient (Wildman–Crippen LogP) is 2.39. The van der Waals surface area contributed by atoms with Gasteiger partial charge in [-0.25, -0.2) is 13.1 Å². The summed E-state index contributed by atoms with van der Waals surface area (Å²) in [6.45, 7) is 0.364. The van der Waals surface area contributed by atoms with Gasteiger partial charge in [-0.05, 0) is 53.6 Å². The molecule has 2 aliphatic rings. The molecule has 0 radical (unpaired) electrons. The van der Waals surface area contributed by atoms with Gasteiger partial charge in [0.2, 0.25) is 15.9 Å². The highest BCUT2D eigenvalue weighted by molar-refractivity contribution is 7.89. The summed E-state index contributed by atoms with van der Waals surface area (Å²) in [4.78, 5) is 14.6. The normalized spacial score (nSPS) is 17.8. The molecule has 0 fully saturated rings. The molecular formula is C21H20N2O5S2. The number of carbonyl (C=O) groups excluding carboxylic acids is 1. The number of amides is 1. The molecule has 30 heavy (non-hydrogen) atoms. The predicted molar refractivity (Wildman–Crippen MR) is 112 cm³/mol. The van der Waals surface area contributed by atoms with Gasteiger partial charge < -0.3 is 14.4 Å². The van der Waals surface area contributed by atoms with E-state index in [2.05, 4.69) is 4.72 Å². The van der Waals surface area contributed by atoms with Gasteiger partial charge in [0, 0.05) is 30.0 Å². The van der Waals surface area contributed by atoms with Crippen molar-refractivity contribution in [2.75, 3.05) is 18.0 Å². The summed E-state index contributed by atoms with van der Waals surface area (Å²) >= 11 is 1.34. The van der Waals surface area contributed by atoms with Crippen LogP contribution in [0.1, 0.15) is 28.0 Å². The smallest absolute Gasteiger partial charge is 0.240 e. The van der Waals surface area contributed by atoms with Crippen molar-refractivity contribution < 1.29 is 22.7 Å². The van der Waals surface area contributed by atoms with Gasteiger partial charge in [0.1, 0.15) is 5.60 Å². The second-order valence-corrected chi connectivity index (χ2v) is 10.3. The molecule has 1 amide bonds. The lowest BCUT2D eigenvalue weighted by Crippen LogP contribution is -2.41. The fourth-order valence-corrected chi connectivity index (χ4v) is 6.22. The van der Waals surface area contributed by atoms with Gasteiger partial charge in [0.25, 0.3) is 0 Å². The zero-order valence-corrected chi connectivity index (χ0v) is 17.6. The maximum Gasteiger partial charge on any atom is 0.240 e. The van der Waals surface area contributed by atoms with E-state index in [1.165, 1.54) is 23.9 Å². The average molecular weight is 445 g/mol. The summed E-state index contributed by atoms with van der Waals surface area (Å²) in [6, 6.07) is 8.48. The van der Waals surface area contributed by atoms with Crippen molar-refractivity contribution >= 4 is 33.0 Å². The molecule has 0 saturated heterocycles. The van der Waals surface area contributed by atoms with E-state index in [-0.39, 0.29) is 17.3 Å². The fourth-order valence-electron chi connectivity index (χ4n) is 4.21. The third kappa shape index (κ3) is 3.09. The Morgan fingerprint density at radius 1 is 1.20 bits per heavy atom. The molecule has 9 heteroatoms. The first-order valence-electron chi connectivity index (χ1n) is 9.63. The van der Waals surface area contributed by atoms with E-state index in [4.69, 9.17) is 4.42 Å². The maximum absolute atomic E-state index is 13.1. The second kappa shape index (κ2) is 7.05. The topological polar surface area (TPSA) is 99.8 Å². The molecule has 1 aromatic carbocycles. The highest BCUT2D eigenvalue weighted by atomic mass is 32.2. The van der Waals surface area contributed by atoms with Crippen molar-refractivity contribution in [2.45, 2.75) is 29.8 Å². The van der Waals surface area contributed by atoms with Crippen LogP contribution in [0.4, 0.5) is 5.69 Å². The van der Waals surface area contributed by atoms with E-state index in [0.29, 0.717) is 36.2 Å². The Morgan fingerprint density at radius 3 is 2.70 bits per heavy atom. The molecule has 156 valence electrons. The minimum absolute atomic E-state index is 0.0936. The summed E-state index contributed by atoms with van der Waals surface area (Å²) in [5, 5.41) is 13.2. The van der Waals surface area contributed by atoms with Gasteiger partial charge in [0.15, 0.2) is 0 Å². The number of hydrogen-bond donors (Lipinski definition) is 2. The van der Waals surface area contributed by atoms with Gasteiger partial charge >= 0.3 is 0 Å². The van der Waals surface area contributed by atoms with Gasteiger partial charge in [-0.3, -0.25) is 4.79 Å². The number of nitrogens with one attached hydrogen (secondary N) is 1. The van der Waals surface area contributed by atoms with Gasteiger partial charge in [-0.2, -0.15) is 0 Å². The molecule has 5 rings (SSSR count). The van der Waals surface area contributed by atoms with Gasteiger partial charge in [-0.15, -0.1) is 11.3 Å². The van der Waals surface area contributed by atoms with Crippen LogP contribution >= 0.6 is 11.3 Å². The van der Waals surface area contributed by atoms with E-state index in [0.717, 1.165) is 16.8 Å². The van der Waals surface area contributed by atoms with Crippen molar-refractivity contribution in [3.8, 4) is 0 Å². The van der Waals surface area contributed by atoms with Crippen LogP contribution in [0.2, 0.25) is 0 Å². The molecule has 1 atom stereocenters. The Labute approximate surface area is 178 Å². The number of furan rings is 1.